The van der Waals surface area contributed by atoms with Crippen LogP contribution in [-0.4, -0.2) is 5.91 Å². The average Bonchev–Trinajstić information content (AvgIpc) is 2.54. The third-order valence-electron chi connectivity index (χ3n) is 5.07. The van der Waals surface area contributed by atoms with Crippen molar-refractivity contribution in [3.8, 4) is 0 Å². The SMILES string of the molecule is CC1(C)[C@@]2(C)CC[C@@]1(C(=O)NN)C2. The van der Waals surface area contributed by atoms with Crippen LogP contribution in [0.25, 0.3) is 0 Å². The summed E-state index contributed by atoms with van der Waals surface area (Å²) in [4.78, 5) is 11.7. The summed E-state index contributed by atoms with van der Waals surface area (Å²) in [6.07, 6.45) is 3.17. The van der Waals surface area contributed by atoms with Crippen LogP contribution in [0.15, 0.2) is 0 Å². The largest absolute Gasteiger partial charge is 0.294 e. The average molecular weight is 182 g/mol. The van der Waals surface area contributed by atoms with Gasteiger partial charge in [0.25, 0.3) is 0 Å². The summed E-state index contributed by atoms with van der Waals surface area (Å²) in [5.41, 5.74) is 2.62. The molecule has 3 fully saturated rings. The van der Waals surface area contributed by atoms with Crippen molar-refractivity contribution in [2.45, 2.75) is 40.0 Å². The van der Waals surface area contributed by atoms with Gasteiger partial charge < -0.3 is 0 Å². The maximum absolute atomic E-state index is 11.7. The van der Waals surface area contributed by atoms with Crippen LogP contribution in [0, 0.1) is 16.2 Å². The monoisotopic (exact) mass is 182 g/mol. The van der Waals surface area contributed by atoms with Gasteiger partial charge in [-0.3, -0.25) is 10.2 Å². The fraction of sp³-hybridized carbons (Fsp3) is 0.900. The van der Waals surface area contributed by atoms with E-state index in [0.717, 1.165) is 19.3 Å². The highest BCUT2D eigenvalue weighted by atomic mass is 16.2. The van der Waals surface area contributed by atoms with E-state index in [1.807, 2.05) is 0 Å². The molecule has 3 saturated carbocycles. The number of nitrogens with two attached hydrogens (primary N) is 1. The van der Waals surface area contributed by atoms with Crippen LogP contribution in [0.4, 0.5) is 0 Å². The molecule has 0 unspecified atom stereocenters. The molecule has 2 bridgehead atoms. The van der Waals surface area contributed by atoms with Gasteiger partial charge in [0, 0.05) is 0 Å². The molecule has 2 atom stereocenters. The predicted octanol–water partition coefficient (Wildman–Crippen LogP) is 1.19. The minimum absolute atomic E-state index is 0.0347. The highest BCUT2D eigenvalue weighted by Crippen LogP contribution is 2.77. The first kappa shape index (κ1) is 9.00. The topological polar surface area (TPSA) is 55.1 Å². The molecule has 74 valence electrons. The molecule has 0 aromatic heterocycles. The number of rotatable bonds is 1. The van der Waals surface area contributed by atoms with Crippen molar-refractivity contribution in [2.75, 3.05) is 0 Å². The van der Waals surface area contributed by atoms with E-state index in [1.54, 1.807) is 0 Å². The van der Waals surface area contributed by atoms with Gasteiger partial charge in [0.05, 0.1) is 5.41 Å². The third kappa shape index (κ3) is 0.688. The number of hydrogen-bond donors (Lipinski definition) is 2. The summed E-state index contributed by atoms with van der Waals surface area (Å²) in [6.45, 7) is 6.67. The lowest BCUT2D eigenvalue weighted by Crippen LogP contribution is -2.62. The summed E-state index contributed by atoms with van der Waals surface area (Å²) in [7, 11) is 0. The first-order chi connectivity index (χ1) is 5.90. The molecular weight excluding hydrogens is 164 g/mol. The zero-order chi connectivity index (χ0) is 9.91. The van der Waals surface area contributed by atoms with Crippen LogP contribution in [0.2, 0.25) is 0 Å². The fourth-order valence-corrected chi connectivity index (χ4v) is 3.49. The number of hydrogen-bond acceptors (Lipinski definition) is 2. The van der Waals surface area contributed by atoms with Crippen molar-refractivity contribution in [3.63, 3.8) is 0 Å². The molecule has 0 aromatic carbocycles. The van der Waals surface area contributed by atoms with E-state index in [-0.39, 0.29) is 16.7 Å². The molecule has 3 N–H and O–H groups in total. The highest BCUT2D eigenvalue weighted by molar-refractivity contribution is 5.85. The van der Waals surface area contributed by atoms with Gasteiger partial charge in [0.15, 0.2) is 0 Å². The predicted molar refractivity (Wildman–Crippen MR) is 50.5 cm³/mol. The number of fused-ring (bicyclic) bond motifs is 1. The zero-order valence-electron chi connectivity index (χ0n) is 8.61. The third-order valence-corrected chi connectivity index (χ3v) is 5.07. The van der Waals surface area contributed by atoms with Crippen LogP contribution in [-0.2, 0) is 4.79 Å². The van der Waals surface area contributed by atoms with E-state index in [1.165, 1.54) is 0 Å². The van der Waals surface area contributed by atoms with Crippen molar-refractivity contribution in [2.24, 2.45) is 22.1 Å². The van der Waals surface area contributed by atoms with Crippen molar-refractivity contribution in [1.29, 1.82) is 0 Å². The minimum atomic E-state index is -0.170. The maximum atomic E-state index is 11.7. The van der Waals surface area contributed by atoms with E-state index in [2.05, 4.69) is 26.2 Å². The number of carbonyl (C=O) groups is 1. The first-order valence-electron chi connectivity index (χ1n) is 4.91. The first-order valence-corrected chi connectivity index (χ1v) is 4.91. The van der Waals surface area contributed by atoms with Crippen molar-refractivity contribution in [1.82, 2.24) is 5.43 Å². The second kappa shape index (κ2) is 2.08. The van der Waals surface area contributed by atoms with Gasteiger partial charge in [0.2, 0.25) is 5.91 Å². The van der Waals surface area contributed by atoms with Gasteiger partial charge in [0.1, 0.15) is 0 Å². The van der Waals surface area contributed by atoms with E-state index >= 15 is 0 Å². The maximum Gasteiger partial charge on any atom is 0.240 e. The van der Waals surface area contributed by atoms with Crippen LogP contribution in [0.3, 0.4) is 0 Å². The molecule has 3 rings (SSSR count). The minimum Gasteiger partial charge on any atom is -0.294 e. The van der Waals surface area contributed by atoms with E-state index in [4.69, 9.17) is 5.84 Å². The summed E-state index contributed by atoms with van der Waals surface area (Å²) in [5, 5.41) is 0. The molecule has 3 heteroatoms. The number of hydrazine groups is 1. The van der Waals surface area contributed by atoms with Crippen LogP contribution in [0.5, 0.6) is 0 Å². The smallest absolute Gasteiger partial charge is 0.240 e. The van der Waals surface area contributed by atoms with Crippen molar-refractivity contribution in [3.05, 3.63) is 0 Å². The van der Waals surface area contributed by atoms with Gasteiger partial charge in [-0.2, -0.15) is 0 Å². The van der Waals surface area contributed by atoms with Gasteiger partial charge >= 0.3 is 0 Å². The lowest BCUT2D eigenvalue weighted by atomic mass is 9.43. The summed E-state index contributed by atoms with van der Waals surface area (Å²) in [6, 6.07) is 0. The number of nitrogens with one attached hydrogen (secondary N) is 1. The quantitative estimate of drug-likeness (QED) is 0.363. The van der Waals surface area contributed by atoms with Crippen molar-refractivity contribution >= 4 is 5.91 Å². The Labute approximate surface area is 79.0 Å². The number of amides is 1. The van der Waals surface area contributed by atoms with E-state index in [0.29, 0.717) is 5.41 Å². The molecule has 3 nitrogen and oxygen atoms in total. The molecule has 0 aliphatic heterocycles. The summed E-state index contributed by atoms with van der Waals surface area (Å²) in [5.74, 6) is 5.26. The molecule has 13 heavy (non-hydrogen) atoms. The van der Waals surface area contributed by atoms with Crippen LogP contribution < -0.4 is 11.3 Å². The Bertz CT molecular complexity index is 274. The van der Waals surface area contributed by atoms with Gasteiger partial charge in [-0.15, -0.1) is 0 Å². The summed E-state index contributed by atoms with van der Waals surface area (Å²) >= 11 is 0. The van der Waals surface area contributed by atoms with Gasteiger partial charge in [-0.25, -0.2) is 5.84 Å². The Morgan fingerprint density at radius 2 is 1.92 bits per heavy atom. The lowest BCUT2D eigenvalue weighted by molar-refractivity contribution is -0.166. The van der Waals surface area contributed by atoms with E-state index < -0.39 is 0 Å². The second-order valence-corrected chi connectivity index (χ2v) is 5.42. The number of carbonyl (C=O) groups excluding carboxylic acids is 1. The Kier molecular flexibility index (Phi) is 1.44. The Hall–Kier alpha value is -0.570. The second-order valence-electron chi connectivity index (χ2n) is 5.42. The molecular formula is C10H18N2O. The Morgan fingerprint density at radius 3 is 2.23 bits per heavy atom. The van der Waals surface area contributed by atoms with E-state index in [9.17, 15) is 4.79 Å². The highest BCUT2D eigenvalue weighted by Gasteiger charge is 2.74. The van der Waals surface area contributed by atoms with Crippen LogP contribution in [0.1, 0.15) is 40.0 Å². The molecule has 3 aliphatic rings. The zero-order valence-corrected chi connectivity index (χ0v) is 8.61. The molecule has 0 spiro atoms. The standard InChI is InChI=1S/C10H18N2O/c1-8(2)9(3)4-5-10(8,6-9)7(13)12-11/h4-6,11H2,1-3H3,(H,12,13)/t9-,10-/m0/s1. The van der Waals surface area contributed by atoms with Crippen molar-refractivity contribution < 1.29 is 4.79 Å². The van der Waals surface area contributed by atoms with Gasteiger partial charge in [-0.1, -0.05) is 20.8 Å². The molecule has 0 heterocycles. The van der Waals surface area contributed by atoms with Gasteiger partial charge in [-0.05, 0) is 30.1 Å². The van der Waals surface area contributed by atoms with Crippen LogP contribution >= 0.6 is 0 Å². The fourth-order valence-electron chi connectivity index (χ4n) is 3.49. The summed E-state index contributed by atoms with van der Waals surface area (Å²) < 4.78 is 0. The normalized spacial score (nSPS) is 45.5. The molecule has 0 saturated heterocycles. The molecule has 1 amide bonds. The Morgan fingerprint density at radius 1 is 1.31 bits per heavy atom. The molecule has 0 aromatic rings. The lowest BCUT2D eigenvalue weighted by Gasteiger charge is -2.60. The molecule has 3 aliphatic carbocycles. The Balaban J connectivity index is 2.35. The molecule has 0 radical (unpaired) electrons.